The molecule has 0 amide bonds. The van der Waals surface area contributed by atoms with Crippen molar-refractivity contribution < 1.29 is 4.74 Å². The van der Waals surface area contributed by atoms with Gasteiger partial charge in [0.1, 0.15) is 5.75 Å². The first-order chi connectivity index (χ1) is 8.19. The van der Waals surface area contributed by atoms with Crippen molar-refractivity contribution in [3.63, 3.8) is 0 Å². The van der Waals surface area contributed by atoms with E-state index in [1.807, 2.05) is 18.2 Å². The fourth-order valence-electron chi connectivity index (χ4n) is 1.64. The minimum Gasteiger partial charge on any atom is -0.497 e. The Morgan fingerprint density at radius 3 is 2.82 bits per heavy atom. The summed E-state index contributed by atoms with van der Waals surface area (Å²) in [5, 5.41) is 4.22. The third-order valence-electron chi connectivity index (χ3n) is 2.61. The highest BCUT2D eigenvalue weighted by molar-refractivity contribution is 5.28. The van der Waals surface area contributed by atoms with Crippen LogP contribution in [-0.2, 0) is 19.9 Å². The summed E-state index contributed by atoms with van der Waals surface area (Å²) < 4.78 is 6.76. The summed E-state index contributed by atoms with van der Waals surface area (Å²) in [4.78, 5) is 4.17. The van der Waals surface area contributed by atoms with E-state index in [4.69, 9.17) is 10.5 Å². The smallest absolute Gasteiger partial charge is 0.218 e. The molecular formula is C12H16N4O. The van der Waals surface area contributed by atoms with Crippen molar-refractivity contribution in [2.75, 3.05) is 12.8 Å². The highest BCUT2D eigenvalue weighted by atomic mass is 16.5. The van der Waals surface area contributed by atoms with E-state index in [-0.39, 0.29) is 0 Å². The van der Waals surface area contributed by atoms with E-state index in [0.29, 0.717) is 5.95 Å². The Kier molecular flexibility index (Phi) is 3.27. The Balaban J connectivity index is 2.01. The van der Waals surface area contributed by atoms with E-state index in [1.165, 1.54) is 5.56 Å². The van der Waals surface area contributed by atoms with Gasteiger partial charge in [0.15, 0.2) is 5.82 Å². The van der Waals surface area contributed by atoms with Crippen LogP contribution in [0.3, 0.4) is 0 Å². The van der Waals surface area contributed by atoms with Gasteiger partial charge < -0.3 is 10.5 Å². The molecule has 2 N–H and O–H groups in total. The van der Waals surface area contributed by atoms with Crippen LogP contribution in [0, 0.1) is 0 Å². The third-order valence-corrected chi connectivity index (χ3v) is 2.61. The largest absolute Gasteiger partial charge is 0.497 e. The minimum atomic E-state index is 0.450. The SMILES string of the molecule is COc1cccc(CCc2nc(N)n(C)n2)c1. The summed E-state index contributed by atoms with van der Waals surface area (Å²) in [5.41, 5.74) is 6.83. The molecule has 0 radical (unpaired) electrons. The molecule has 0 aliphatic carbocycles. The van der Waals surface area contributed by atoms with E-state index < -0.39 is 0 Å². The number of nitrogen functional groups attached to an aromatic ring is 1. The molecule has 1 aromatic heterocycles. The molecule has 90 valence electrons. The monoisotopic (exact) mass is 232 g/mol. The predicted molar refractivity (Wildman–Crippen MR) is 65.8 cm³/mol. The number of hydrogen-bond acceptors (Lipinski definition) is 4. The van der Waals surface area contributed by atoms with Crippen LogP contribution in [0.5, 0.6) is 5.75 Å². The second-order valence-corrected chi connectivity index (χ2v) is 3.86. The standard InChI is InChI=1S/C12H16N4O/c1-16-12(13)14-11(15-16)7-6-9-4-3-5-10(8-9)17-2/h3-5,8H,6-7H2,1-2H3,(H2,13,14,15). The number of hydrogen-bond donors (Lipinski definition) is 1. The van der Waals surface area contributed by atoms with Crippen molar-refractivity contribution in [1.82, 2.24) is 14.8 Å². The lowest BCUT2D eigenvalue weighted by Crippen LogP contribution is -1.98. The molecule has 5 nitrogen and oxygen atoms in total. The summed E-state index contributed by atoms with van der Waals surface area (Å²) in [6.45, 7) is 0. The van der Waals surface area contributed by atoms with Gasteiger partial charge in [-0.3, -0.25) is 0 Å². The molecule has 0 bridgehead atoms. The Hall–Kier alpha value is -2.04. The zero-order valence-electron chi connectivity index (χ0n) is 10.1. The lowest BCUT2D eigenvalue weighted by molar-refractivity contribution is 0.414. The predicted octanol–water partition coefficient (Wildman–Crippen LogP) is 1.19. The molecule has 0 atom stereocenters. The zero-order chi connectivity index (χ0) is 12.3. The number of aryl methyl sites for hydroxylation is 3. The average molecular weight is 232 g/mol. The van der Waals surface area contributed by atoms with Gasteiger partial charge in [-0.05, 0) is 24.1 Å². The lowest BCUT2D eigenvalue weighted by atomic mass is 10.1. The summed E-state index contributed by atoms with van der Waals surface area (Å²) in [5.74, 6) is 2.09. The molecule has 0 unspecified atom stereocenters. The van der Waals surface area contributed by atoms with Crippen molar-refractivity contribution >= 4 is 5.95 Å². The maximum absolute atomic E-state index is 5.62. The molecule has 0 saturated heterocycles. The summed E-state index contributed by atoms with van der Waals surface area (Å²) in [6, 6.07) is 8.00. The van der Waals surface area contributed by atoms with Gasteiger partial charge in [-0.15, -0.1) is 0 Å². The summed E-state index contributed by atoms with van der Waals surface area (Å²) >= 11 is 0. The van der Waals surface area contributed by atoms with E-state index in [9.17, 15) is 0 Å². The molecule has 0 spiro atoms. The van der Waals surface area contributed by atoms with Crippen LogP contribution in [-0.4, -0.2) is 21.9 Å². The Labute approximate surface area is 100 Å². The fourth-order valence-corrected chi connectivity index (χ4v) is 1.64. The molecular weight excluding hydrogens is 216 g/mol. The van der Waals surface area contributed by atoms with Gasteiger partial charge in [-0.25, -0.2) is 4.68 Å². The van der Waals surface area contributed by atoms with Crippen LogP contribution < -0.4 is 10.5 Å². The first kappa shape index (κ1) is 11.4. The van der Waals surface area contributed by atoms with Crippen LogP contribution in [0.1, 0.15) is 11.4 Å². The lowest BCUT2D eigenvalue weighted by Gasteiger charge is -2.02. The van der Waals surface area contributed by atoms with E-state index in [1.54, 1.807) is 18.8 Å². The molecule has 5 heteroatoms. The van der Waals surface area contributed by atoms with Gasteiger partial charge in [0.25, 0.3) is 0 Å². The molecule has 1 aromatic carbocycles. The van der Waals surface area contributed by atoms with Gasteiger partial charge in [0.05, 0.1) is 7.11 Å². The second kappa shape index (κ2) is 4.86. The van der Waals surface area contributed by atoms with Gasteiger partial charge in [-0.1, -0.05) is 12.1 Å². The fraction of sp³-hybridized carbons (Fsp3) is 0.333. The second-order valence-electron chi connectivity index (χ2n) is 3.86. The van der Waals surface area contributed by atoms with Crippen molar-refractivity contribution in [2.45, 2.75) is 12.8 Å². The first-order valence-electron chi connectivity index (χ1n) is 5.47. The molecule has 0 aliphatic heterocycles. The third kappa shape index (κ3) is 2.75. The number of methoxy groups -OCH3 is 1. The van der Waals surface area contributed by atoms with Crippen molar-refractivity contribution in [1.29, 1.82) is 0 Å². The molecule has 2 rings (SSSR count). The quantitative estimate of drug-likeness (QED) is 0.860. The number of anilines is 1. The van der Waals surface area contributed by atoms with Crippen molar-refractivity contribution in [3.8, 4) is 5.75 Å². The number of rotatable bonds is 4. The van der Waals surface area contributed by atoms with Crippen molar-refractivity contribution in [3.05, 3.63) is 35.7 Å². The van der Waals surface area contributed by atoms with Crippen LogP contribution in [0.25, 0.3) is 0 Å². The van der Waals surface area contributed by atoms with E-state index >= 15 is 0 Å². The van der Waals surface area contributed by atoms with Gasteiger partial charge >= 0.3 is 0 Å². The Morgan fingerprint density at radius 2 is 2.18 bits per heavy atom. The zero-order valence-corrected chi connectivity index (χ0v) is 10.1. The van der Waals surface area contributed by atoms with E-state index in [2.05, 4.69) is 16.1 Å². The van der Waals surface area contributed by atoms with Crippen LogP contribution in [0.4, 0.5) is 5.95 Å². The molecule has 17 heavy (non-hydrogen) atoms. The number of ether oxygens (including phenoxy) is 1. The summed E-state index contributed by atoms with van der Waals surface area (Å²) in [7, 11) is 3.46. The number of benzene rings is 1. The van der Waals surface area contributed by atoms with Crippen LogP contribution in [0.2, 0.25) is 0 Å². The molecule has 1 heterocycles. The van der Waals surface area contributed by atoms with Gasteiger partial charge in [0.2, 0.25) is 5.95 Å². The molecule has 0 saturated carbocycles. The normalized spacial score (nSPS) is 10.5. The highest BCUT2D eigenvalue weighted by Gasteiger charge is 2.04. The number of nitrogens with two attached hydrogens (primary N) is 1. The van der Waals surface area contributed by atoms with Crippen LogP contribution in [0.15, 0.2) is 24.3 Å². The van der Waals surface area contributed by atoms with Crippen molar-refractivity contribution in [2.24, 2.45) is 7.05 Å². The van der Waals surface area contributed by atoms with Gasteiger partial charge in [-0.2, -0.15) is 10.1 Å². The molecule has 0 aliphatic rings. The Morgan fingerprint density at radius 1 is 1.35 bits per heavy atom. The average Bonchev–Trinajstić information content (AvgIpc) is 2.67. The van der Waals surface area contributed by atoms with Crippen LogP contribution >= 0.6 is 0 Å². The maximum Gasteiger partial charge on any atom is 0.218 e. The highest BCUT2D eigenvalue weighted by Crippen LogP contribution is 2.14. The summed E-state index contributed by atoms with van der Waals surface area (Å²) in [6.07, 6.45) is 1.65. The molecule has 2 aromatic rings. The van der Waals surface area contributed by atoms with Gasteiger partial charge in [0, 0.05) is 13.5 Å². The minimum absolute atomic E-state index is 0.450. The first-order valence-corrected chi connectivity index (χ1v) is 5.47. The van der Waals surface area contributed by atoms with E-state index in [0.717, 1.165) is 24.4 Å². The Bertz CT molecular complexity index is 487. The number of nitrogens with zero attached hydrogens (tertiary/aromatic N) is 3. The maximum atomic E-state index is 5.62. The topological polar surface area (TPSA) is 66.0 Å². The molecule has 0 fully saturated rings. The number of aromatic nitrogens is 3.